The van der Waals surface area contributed by atoms with Crippen LogP contribution in [0.5, 0.6) is 0 Å². The first-order chi connectivity index (χ1) is 8.22. The van der Waals surface area contributed by atoms with Gasteiger partial charge < -0.3 is 0 Å². The van der Waals surface area contributed by atoms with Gasteiger partial charge in [0.05, 0.1) is 0 Å². The monoisotopic (exact) mass is 420 g/mol. The van der Waals surface area contributed by atoms with Crippen LogP contribution in [-0.4, -0.2) is 7.18 Å². The molecule has 0 aromatic carbocycles. The van der Waals surface area contributed by atoms with E-state index in [2.05, 4.69) is 73.9 Å². The van der Waals surface area contributed by atoms with Gasteiger partial charge >= 0.3 is 133 Å². The Labute approximate surface area is 132 Å². The van der Waals surface area contributed by atoms with Crippen LogP contribution in [0.2, 0.25) is 39.3 Å². The Bertz CT molecular complexity index is 428. The van der Waals surface area contributed by atoms with Crippen LogP contribution in [0.4, 0.5) is 0 Å². The minimum atomic E-state index is -1.82. The third kappa shape index (κ3) is 3.31. The number of rotatable bonds is 3. The average molecular weight is 421 g/mol. The molecular weight excluding hydrogens is 387 g/mol. The summed E-state index contributed by atoms with van der Waals surface area (Å²) >= 11 is -1.82. The normalized spacial score (nSPS) is 20.4. The standard InChI is InChI=1S/C10H15.2C3H9Si.La/c1-7-6-10(4,5)9(3)8(7)2;2*1-4(2)3;/h1-5H3;2*1-3H3;. The van der Waals surface area contributed by atoms with Crippen LogP contribution in [0.3, 0.4) is 0 Å². The first-order valence-corrected chi connectivity index (χ1v) is 27.5. The Balaban J connectivity index is 3.52. The van der Waals surface area contributed by atoms with Crippen LogP contribution in [0, 0.1) is 33.4 Å². The third-order valence-corrected chi connectivity index (χ3v) is 88.7. The molecule has 19 heavy (non-hydrogen) atoms. The Kier molecular flexibility index (Phi) is 5.15. The van der Waals surface area contributed by atoms with E-state index in [1.165, 1.54) is 0 Å². The molecule has 0 bridgehead atoms. The Morgan fingerprint density at radius 1 is 0.737 bits per heavy atom. The molecule has 0 heterocycles. The molecule has 0 saturated heterocycles. The van der Waals surface area contributed by atoms with Gasteiger partial charge in [0, 0.05) is 0 Å². The van der Waals surface area contributed by atoms with E-state index in [1.54, 1.807) is 16.7 Å². The molecule has 0 radical (unpaired) electrons. The number of allylic oxidation sites excluding steroid dienone is 4. The molecule has 0 amide bonds. The van der Waals surface area contributed by atoms with Gasteiger partial charge in [-0.3, -0.25) is 0 Å². The Morgan fingerprint density at radius 3 is 1.32 bits per heavy atom. The van der Waals surface area contributed by atoms with Crippen LogP contribution in [0.15, 0.2) is 18.7 Å². The molecule has 0 aromatic heterocycles. The molecule has 1 aliphatic rings. The van der Waals surface area contributed by atoms with Gasteiger partial charge in [-0.15, -0.1) is 0 Å². The fourth-order valence-electron chi connectivity index (χ4n) is 4.37. The molecule has 1 rings (SSSR count). The Hall–Kier alpha value is 1.11. The Morgan fingerprint density at radius 2 is 1.11 bits per heavy atom. The topological polar surface area (TPSA) is 0 Å². The fraction of sp³-hybridized carbons (Fsp3) is 0.750. The van der Waals surface area contributed by atoms with Gasteiger partial charge in [-0.25, -0.2) is 0 Å². The molecular formula is C16H33LaSi2. The molecule has 0 unspecified atom stereocenters. The van der Waals surface area contributed by atoms with Gasteiger partial charge in [0.2, 0.25) is 0 Å². The maximum atomic E-state index is 2.66. The van der Waals surface area contributed by atoms with Crippen molar-refractivity contribution in [3.05, 3.63) is 18.7 Å². The third-order valence-electron chi connectivity index (χ3n) is 5.16. The predicted octanol–water partition coefficient (Wildman–Crippen LogP) is 5.93. The zero-order valence-electron chi connectivity index (χ0n) is 15.1. The van der Waals surface area contributed by atoms with Crippen LogP contribution in [-0.2, 0) is 0 Å². The second kappa shape index (κ2) is 5.39. The first-order valence-electron chi connectivity index (χ1n) is 7.62. The molecule has 108 valence electrons. The van der Waals surface area contributed by atoms with E-state index in [1.807, 2.05) is 1.98 Å². The second-order valence-corrected chi connectivity index (χ2v) is 68.3. The molecule has 0 saturated carbocycles. The van der Waals surface area contributed by atoms with E-state index in [4.69, 9.17) is 0 Å². The quantitative estimate of drug-likeness (QED) is 0.497. The number of hydrogen-bond donors (Lipinski definition) is 0. The molecule has 3 heteroatoms. The molecule has 0 nitrogen and oxygen atoms in total. The van der Waals surface area contributed by atoms with Crippen molar-refractivity contribution in [2.45, 2.75) is 73.9 Å². The summed E-state index contributed by atoms with van der Waals surface area (Å²) in [4.78, 5) is 0. The van der Waals surface area contributed by atoms with Crippen molar-refractivity contribution in [1.82, 2.24) is 0 Å². The molecule has 1 aliphatic carbocycles. The molecule has 0 fully saturated rings. The van der Waals surface area contributed by atoms with Crippen molar-refractivity contribution in [3.63, 3.8) is 0 Å². The summed E-state index contributed by atoms with van der Waals surface area (Å²) in [6, 6.07) is 0. The van der Waals surface area contributed by atoms with Crippen molar-refractivity contribution in [3.8, 4) is 0 Å². The first kappa shape index (κ1) is 18.2. The van der Waals surface area contributed by atoms with E-state index >= 15 is 0 Å². The minimum absolute atomic E-state index is 0.376. The van der Waals surface area contributed by atoms with Crippen LogP contribution in [0.1, 0.15) is 34.6 Å². The van der Waals surface area contributed by atoms with Crippen molar-refractivity contribution in [2.75, 3.05) is 0 Å². The van der Waals surface area contributed by atoms with Gasteiger partial charge in [0.15, 0.2) is 0 Å². The molecule has 0 spiro atoms. The maximum absolute atomic E-state index is 2.66. The summed E-state index contributed by atoms with van der Waals surface area (Å²) in [5.41, 5.74) is 5.35. The summed E-state index contributed by atoms with van der Waals surface area (Å²) in [5, 5.41) is 0. The molecule has 0 N–H and O–H groups in total. The van der Waals surface area contributed by atoms with E-state index in [0.29, 0.717) is 5.41 Å². The summed E-state index contributed by atoms with van der Waals surface area (Å²) in [7, 11) is 0. The van der Waals surface area contributed by atoms with Gasteiger partial charge in [-0.1, -0.05) is 0 Å². The van der Waals surface area contributed by atoms with Gasteiger partial charge in [0.25, 0.3) is 0 Å². The van der Waals surface area contributed by atoms with Crippen molar-refractivity contribution in [2.24, 2.45) is 5.41 Å². The van der Waals surface area contributed by atoms with Crippen molar-refractivity contribution >= 4 is 7.18 Å². The zero-order valence-corrected chi connectivity index (χ0v) is 20.7. The summed E-state index contributed by atoms with van der Waals surface area (Å²) in [6.45, 7) is 28.2. The van der Waals surface area contributed by atoms with E-state index in [-0.39, 0.29) is 0 Å². The molecule has 0 aromatic rings. The van der Waals surface area contributed by atoms with Gasteiger partial charge in [-0.05, 0) is 0 Å². The van der Waals surface area contributed by atoms with E-state index in [0.717, 1.165) is 0 Å². The van der Waals surface area contributed by atoms with Crippen LogP contribution < -0.4 is 0 Å². The van der Waals surface area contributed by atoms with E-state index in [9.17, 15) is 0 Å². The second-order valence-electron chi connectivity index (χ2n) is 9.08. The van der Waals surface area contributed by atoms with Crippen molar-refractivity contribution < 1.29 is 28.0 Å². The van der Waals surface area contributed by atoms with E-state index < -0.39 is 35.1 Å². The summed E-state index contributed by atoms with van der Waals surface area (Å²) < 4.78 is 0.0597. The predicted molar refractivity (Wildman–Crippen MR) is 91.5 cm³/mol. The molecule has 0 atom stereocenters. The SMILES string of the molecule is CC1=C(C)C(C)(C)[C]([La]([Si](C)(C)C)[Si](C)(C)C)=C1C. The van der Waals surface area contributed by atoms with Crippen LogP contribution in [0.25, 0.3) is 0 Å². The fourth-order valence-corrected chi connectivity index (χ4v) is 120. The molecule has 0 aliphatic heterocycles. The van der Waals surface area contributed by atoms with Gasteiger partial charge in [-0.2, -0.15) is 0 Å². The zero-order chi connectivity index (χ0) is 15.4. The van der Waals surface area contributed by atoms with Crippen molar-refractivity contribution in [1.29, 1.82) is 0 Å². The number of hydrogen-bond acceptors (Lipinski definition) is 0. The van der Waals surface area contributed by atoms with Crippen LogP contribution >= 0.6 is 0 Å². The summed E-state index contributed by atoms with van der Waals surface area (Å²) in [5.74, 6) is 0. The summed E-state index contributed by atoms with van der Waals surface area (Å²) in [6.07, 6.45) is 0. The van der Waals surface area contributed by atoms with Gasteiger partial charge in [0.1, 0.15) is 0 Å². The average Bonchev–Trinajstić information content (AvgIpc) is 2.29.